The quantitative estimate of drug-likeness (QED) is 0.191. The van der Waals surface area contributed by atoms with Crippen LogP contribution in [0.2, 0.25) is 0 Å². The first-order valence-corrected chi connectivity index (χ1v) is 15.7. The zero-order valence-electron chi connectivity index (χ0n) is 25.6. The molecule has 0 aromatic heterocycles. The van der Waals surface area contributed by atoms with Crippen LogP contribution in [0.25, 0.3) is 0 Å². The van der Waals surface area contributed by atoms with Crippen LogP contribution in [-0.2, 0) is 32.9 Å². The molecule has 1 aliphatic heterocycles. The lowest BCUT2D eigenvalue weighted by molar-refractivity contribution is -0.143. The van der Waals surface area contributed by atoms with Crippen LogP contribution in [0.5, 0.6) is 0 Å². The molecule has 3 aliphatic rings. The summed E-state index contributed by atoms with van der Waals surface area (Å²) < 4.78 is 19.4. The van der Waals surface area contributed by atoms with Gasteiger partial charge in [0.2, 0.25) is 11.5 Å². The minimum atomic E-state index is -1.46. The Balaban J connectivity index is 1.13. The van der Waals surface area contributed by atoms with Crippen LogP contribution in [-0.4, -0.2) is 46.0 Å². The Kier molecular flexibility index (Phi) is 7.72. The van der Waals surface area contributed by atoms with E-state index >= 15 is 0 Å². The minimum Gasteiger partial charge on any atom is -0.427 e. The van der Waals surface area contributed by atoms with E-state index in [0.717, 1.165) is 51.4 Å². The molecule has 7 nitrogen and oxygen atoms in total. The molecule has 1 spiro atoms. The Bertz CT molecular complexity index is 1780. The molecule has 0 radical (unpaired) electrons. The summed E-state index contributed by atoms with van der Waals surface area (Å²) in [5.41, 5.74) is 4.36. The summed E-state index contributed by atoms with van der Waals surface area (Å²) in [4.78, 5) is 48.5. The van der Waals surface area contributed by atoms with Crippen molar-refractivity contribution in [3.63, 3.8) is 0 Å². The Morgan fingerprint density at radius 3 is 2.24 bits per heavy atom. The molecule has 0 N–H and O–H groups in total. The van der Waals surface area contributed by atoms with Crippen molar-refractivity contribution in [1.82, 2.24) is 9.80 Å². The Morgan fingerprint density at radius 2 is 1.61 bits per heavy atom. The van der Waals surface area contributed by atoms with Gasteiger partial charge in [-0.1, -0.05) is 78.9 Å². The van der Waals surface area contributed by atoms with Gasteiger partial charge >= 0.3 is 6.09 Å². The van der Waals surface area contributed by atoms with Crippen LogP contribution in [0.15, 0.2) is 108 Å². The lowest BCUT2D eigenvalue weighted by Crippen LogP contribution is -2.47. The van der Waals surface area contributed by atoms with Crippen molar-refractivity contribution < 1.29 is 23.5 Å². The van der Waals surface area contributed by atoms with Gasteiger partial charge in [-0.15, -0.1) is 0 Å². The van der Waals surface area contributed by atoms with Gasteiger partial charge in [0.1, 0.15) is 12.4 Å². The summed E-state index contributed by atoms with van der Waals surface area (Å²) in [7, 11) is 0. The highest BCUT2D eigenvalue weighted by atomic mass is 19.1. The minimum absolute atomic E-state index is 0.0805. The molecule has 2 fully saturated rings. The summed E-state index contributed by atoms with van der Waals surface area (Å²) in [6, 6.07) is 31.5. The second-order valence-electron chi connectivity index (χ2n) is 12.3. The molecule has 1 heterocycles. The van der Waals surface area contributed by atoms with E-state index in [1.54, 1.807) is 17.0 Å². The SMILES string of the molecule is C[C@@H](C1CC1)N(Cc1ccc(F)cc1)C(=O)CN1C(=O)O[C@]2(CCc3cc(N=C(c4ccccc4)c4ccccc4)ccc32)C1=O. The van der Waals surface area contributed by atoms with E-state index < -0.39 is 24.1 Å². The van der Waals surface area contributed by atoms with E-state index in [0.29, 0.717) is 24.3 Å². The third kappa shape index (κ3) is 5.60. The molecule has 0 unspecified atom stereocenters. The molecule has 8 heteroatoms. The normalized spacial score (nSPS) is 19.1. The molecular formula is C38H34FN3O4. The Morgan fingerprint density at radius 1 is 0.957 bits per heavy atom. The number of carbonyl (C=O) groups excluding carboxylic acids is 3. The fourth-order valence-corrected chi connectivity index (χ4v) is 6.63. The first-order chi connectivity index (χ1) is 22.3. The van der Waals surface area contributed by atoms with E-state index in [1.165, 1.54) is 12.1 Å². The van der Waals surface area contributed by atoms with Gasteiger partial charge in [-0.2, -0.15) is 0 Å². The first-order valence-electron chi connectivity index (χ1n) is 15.7. The van der Waals surface area contributed by atoms with Gasteiger partial charge in [0.05, 0.1) is 11.4 Å². The molecule has 1 saturated carbocycles. The van der Waals surface area contributed by atoms with Gasteiger partial charge in [0, 0.05) is 35.7 Å². The third-order valence-electron chi connectivity index (χ3n) is 9.35. The van der Waals surface area contributed by atoms with Gasteiger partial charge in [0.15, 0.2) is 0 Å². The maximum Gasteiger partial charge on any atom is 0.418 e. The van der Waals surface area contributed by atoms with Gasteiger partial charge in [-0.05, 0) is 67.5 Å². The highest BCUT2D eigenvalue weighted by molar-refractivity contribution is 6.14. The third-order valence-corrected chi connectivity index (χ3v) is 9.35. The molecule has 2 atom stereocenters. The number of ether oxygens (including phenoxy) is 1. The number of benzene rings is 4. The van der Waals surface area contributed by atoms with Crippen LogP contribution in [0.1, 0.15) is 54.0 Å². The summed E-state index contributed by atoms with van der Waals surface area (Å²) in [6.07, 6.45) is 2.05. The summed E-state index contributed by atoms with van der Waals surface area (Å²) in [5, 5.41) is 0. The summed E-state index contributed by atoms with van der Waals surface area (Å²) in [5.74, 6) is -0.852. The van der Waals surface area contributed by atoms with Crippen molar-refractivity contribution in [1.29, 1.82) is 0 Å². The maximum atomic E-state index is 13.9. The van der Waals surface area contributed by atoms with Crippen LogP contribution < -0.4 is 0 Å². The highest BCUT2D eigenvalue weighted by Gasteiger charge is 2.58. The van der Waals surface area contributed by atoms with Gasteiger partial charge in [0.25, 0.3) is 5.91 Å². The highest BCUT2D eigenvalue weighted by Crippen LogP contribution is 2.46. The Labute approximate surface area is 267 Å². The van der Waals surface area contributed by atoms with Crippen molar-refractivity contribution in [3.8, 4) is 0 Å². The molecule has 4 aromatic carbocycles. The van der Waals surface area contributed by atoms with E-state index in [1.807, 2.05) is 85.8 Å². The predicted octanol–water partition coefficient (Wildman–Crippen LogP) is 6.94. The number of amides is 3. The Hall–Kier alpha value is -5.11. The topological polar surface area (TPSA) is 79.3 Å². The molecule has 2 aliphatic carbocycles. The van der Waals surface area contributed by atoms with Crippen LogP contribution in [0.3, 0.4) is 0 Å². The number of fused-ring (bicyclic) bond motifs is 2. The fourth-order valence-electron chi connectivity index (χ4n) is 6.63. The van der Waals surface area contributed by atoms with Crippen molar-refractivity contribution in [2.75, 3.05) is 6.54 Å². The van der Waals surface area contributed by atoms with Crippen LogP contribution in [0, 0.1) is 11.7 Å². The zero-order chi connectivity index (χ0) is 31.8. The summed E-state index contributed by atoms with van der Waals surface area (Å²) in [6.45, 7) is 1.84. The van der Waals surface area contributed by atoms with Crippen molar-refractivity contribution in [2.24, 2.45) is 10.9 Å². The number of carbonyl (C=O) groups is 3. The van der Waals surface area contributed by atoms with Crippen LogP contribution in [0.4, 0.5) is 14.9 Å². The van der Waals surface area contributed by atoms with E-state index in [2.05, 4.69) is 0 Å². The molecule has 46 heavy (non-hydrogen) atoms. The smallest absolute Gasteiger partial charge is 0.418 e. The van der Waals surface area contributed by atoms with Gasteiger partial charge < -0.3 is 9.64 Å². The monoisotopic (exact) mass is 615 g/mol. The fraction of sp³-hybridized carbons (Fsp3) is 0.263. The largest absolute Gasteiger partial charge is 0.427 e. The molecule has 1 saturated heterocycles. The second kappa shape index (κ2) is 12.0. The molecular weight excluding hydrogens is 581 g/mol. The van der Waals surface area contributed by atoms with Gasteiger partial charge in [-0.25, -0.2) is 19.1 Å². The standard InChI is InChI=1S/C38H34FN3O4/c1-25(27-14-15-27)41(23-26-12-16-31(39)17-13-26)34(43)24-42-36(44)38(46-37(42)45)21-20-30-22-32(18-19-33(30)38)40-35(28-8-4-2-5-9-28)29-10-6-3-7-11-29/h2-13,16-19,22,25,27H,14-15,20-21,23-24H2,1H3/t25-,38-/m0/s1. The number of nitrogens with zero attached hydrogens (tertiary/aromatic N) is 3. The van der Waals surface area contributed by atoms with Crippen molar-refractivity contribution >= 4 is 29.3 Å². The maximum absolute atomic E-state index is 13.9. The number of aliphatic imine (C=N–C) groups is 1. The van der Waals surface area contributed by atoms with E-state index in [4.69, 9.17) is 9.73 Å². The van der Waals surface area contributed by atoms with Crippen molar-refractivity contribution in [3.05, 3.63) is 137 Å². The van der Waals surface area contributed by atoms with Crippen molar-refractivity contribution in [2.45, 2.75) is 50.8 Å². The average molecular weight is 616 g/mol. The van der Waals surface area contributed by atoms with Gasteiger partial charge in [-0.3, -0.25) is 9.59 Å². The molecule has 0 bridgehead atoms. The van der Waals surface area contributed by atoms with E-state index in [9.17, 15) is 18.8 Å². The van der Waals surface area contributed by atoms with E-state index in [-0.39, 0.29) is 24.3 Å². The number of halogens is 1. The summed E-state index contributed by atoms with van der Waals surface area (Å²) >= 11 is 0. The molecule has 7 rings (SSSR count). The van der Waals surface area contributed by atoms with Crippen LogP contribution >= 0.6 is 0 Å². The number of imide groups is 1. The average Bonchev–Trinajstić information content (AvgIpc) is 3.83. The first kappa shape index (κ1) is 29.6. The predicted molar refractivity (Wildman–Crippen MR) is 172 cm³/mol. The molecule has 4 aromatic rings. The number of hydrogen-bond donors (Lipinski definition) is 0. The molecule has 3 amide bonds. The zero-order valence-corrected chi connectivity index (χ0v) is 25.6. The second-order valence-corrected chi connectivity index (χ2v) is 12.3. The number of hydrogen-bond acceptors (Lipinski definition) is 5. The lowest BCUT2D eigenvalue weighted by Gasteiger charge is -2.30. The molecule has 232 valence electrons. The number of aryl methyl sites for hydroxylation is 1. The number of rotatable bonds is 9. The lowest BCUT2D eigenvalue weighted by atomic mass is 9.94.